The summed E-state index contributed by atoms with van der Waals surface area (Å²) in [7, 11) is 0. The Balaban J connectivity index is 1.70. The van der Waals surface area contributed by atoms with Crippen molar-refractivity contribution in [1.29, 1.82) is 0 Å². The number of carbonyl (C=O) groups excluding carboxylic acids is 1. The number of piperidine rings is 1. The van der Waals surface area contributed by atoms with Gasteiger partial charge >= 0.3 is 0 Å². The van der Waals surface area contributed by atoms with Crippen LogP contribution in [0.4, 0.5) is 0 Å². The third kappa shape index (κ3) is 4.20. The van der Waals surface area contributed by atoms with E-state index in [9.17, 15) is 4.79 Å². The Labute approximate surface area is 117 Å². The largest absolute Gasteiger partial charge is 0.343 e. The second kappa shape index (κ2) is 7.28. The van der Waals surface area contributed by atoms with Crippen LogP contribution in [0, 0.1) is 17.8 Å². The van der Waals surface area contributed by atoms with Crippen LogP contribution in [-0.2, 0) is 4.79 Å². The van der Waals surface area contributed by atoms with Gasteiger partial charge in [0.15, 0.2) is 0 Å². The molecular weight excluding hydrogens is 236 g/mol. The number of nitrogens with two attached hydrogens (primary N) is 1. The maximum absolute atomic E-state index is 12.3. The molecule has 3 nitrogen and oxygen atoms in total. The average molecular weight is 266 g/mol. The molecule has 2 N–H and O–H groups in total. The van der Waals surface area contributed by atoms with Gasteiger partial charge in [-0.3, -0.25) is 4.79 Å². The van der Waals surface area contributed by atoms with E-state index >= 15 is 0 Å². The summed E-state index contributed by atoms with van der Waals surface area (Å²) in [5.41, 5.74) is 5.72. The first kappa shape index (κ1) is 14.8. The van der Waals surface area contributed by atoms with Gasteiger partial charge in [0.2, 0.25) is 5.91 Å². The van der Waals surface area contributed by atoms with Crippen molar-refractivity contribution in [1.82, 2.24) is 4.90 Å². The lowest BCUT2D eigenvalue weighted by Crippen LogP contribution is -2.39. The third-order valence-electron chi connectivity index (χ3n) is 5.31. The van der Waals surface area contributed by atoms with E-state index in [0.717, 1.165) is 32.0 Å². The number of nitrogens with zero attached hydrogens (tertiary/aromatic N) is 1. The highest BCUT2D eigenvalue weighted by Crippen LogP contribution is 2.31. The van der Waals surface area contributed by atoms with Crippen LogP contribution in [0.25, 0.3) is 0 Å². The highest BCUT2D eigenvalue weighted by atomic mass is 16.2. The number of rotatable bonds is 4. The second-order valence-corrected chi connectivity index (χ2v) is 6.56. The molecule has 1 aliphatic heterocycles. The predicted molar refractivity (Wildman–Crippen MR) is 78.7 cm³/mol. The molecular formula is C16H30N2O. The number of hydrogen-bond donors (Lipinski definition) is 1. The zero-order valence-corrected chi connectivity index (χ0v) is 12.4. The summed E-state index contributed by atoms with van der Waals surface area (Å²) < 4.78 is 0. The lowest BCUT2D eigenvalue weighted by molar-refractivity contribution is -0.133. The summed E-state index contributed by atoms with van der Waals surface area (Å²) >= 11 is 0. The van der Waals surface area contributed by atoms with Gasteiger partial charge in [-0.2, -0.15) is 0 Å². The van der Waals surface area contributed by atoms with E-state index in [1.165, 1.54) is 44.9 Å². The minimum absolute atomic E-state index is 0.408. The van der Waals surface area contributed by atoms with Gasteiger partial charge < -0.3 is 10.6 Å². The number of likely N-dealkylation sites (tertiary alicyclic amines) is 1. The lowest BCUT2D eigenvalue weighted by Gasteiger charge is -2.34. The lowest BCUT2D eigenvalue weighted by atomic mass is 9.80. The highest BCUT2D eigenvalue weighted by molar-refractivity contribution is 5.76. The molecule has 0 spiro atoms. The van der Waals surface area contributed by atoms with Crippen LogP contribution < -0.4 is 5.73 Å². The molecule has 3 heteroatoms. The van der Waals surface area contributed by atoms with E-state index in [4.69, 9.17) is 5.73 Å². The SMILES string of the molecule is CCC1CCN(C(=O)CC2CCC(CN)CC2)CC1. The van der Waals surface area contributed by atoms with Crippen molar-refractivity contribution >= 4 is 5.91 Å². The Morgan fingerprint density at radius 1 is 1.00 bits per heavy atom. The maximum atomic E-state index is 12.3. The normalized spacial score (nSPS) is 29.5. The fraction of sp³-hybridized carbons (Fsp3) is 0.938. The van der Waals surface area contributed by atoms with Gasteiger partial charge in [-0.15, -0.1) is 0 Å². The van der Waals surface area contributed by atoms with Gasteiger partial charge in [0.1, 0.15) is 0 Å². The number of amides is 1. The molecule has 0 aromatic heterocycles. The fourth-order valence-electron chi connectivity index (χ4n) is 3.64. The first-order valence-corrected chi connectivity index (χ1v) is 8.20. The Kier molecular flexibility index (Phi) is 5.68. The molecule has 1 saturated carbocycles. The van der Waals surface area contributed by atoms with Crippen LogP contribution >= 0.6 is 0 Å². The summed E-state index contributed by atoms with van der Waals surface area (Å²) in [6, 6.07) is 0. The summed E-state index contributed by atoms with van der Waals surface area (Å²) in [5.74, 6) is 2.60. The highest BCUT2D eigenvalue weighted by Gasteiger charge is 2.26. The van der Waals surface area contributed by atoms with Crippen molar-refractivity contribution in [3.63, 3.8) is 0 Å². The average Bonchev–Trinajstić information content (AvgIpc) is 2.48. The van der Waals surface area contributed by atoms with Crippen molar-refractivity contribution in [3.8, 4) is 0 Å². The van der Waals surface area contributed by atoms with Crippen LogP contribution in [0.15, 0.2) is 0 Å². The first-order valence-electron chi connectivity index (χ1n) is 8.20. The molecule has 1 heterocycles. The molecule has 0 atom stereocenters. The van der Waals surface area contributed by atoms with Crippen LogP contribution in [0.3, 0.4) is 0 Å². The molecule has 2 aliphatic rings. The quantitative estimate of drug-likeness (QED) is 0.850. The minimum atomic E-state index is 0.408. The molecule has 1 amide bonds. The summed E-state index contributed by atoms with van der Waals surface area (Å²) in [6.07, 6.45) is 9.35. The van der Waals surface area contributed by atoms with E-state index in [1.807, 2.05) is 0 Å². The predicted octanol–water partition coefficient (Wildman–Crippen LogP) is 2.79. The van der Waals surface area contributed by atoms with Crippen molar-refractivity contribution in [3.05, 3.63) is 0 Å². The van der Waals surface area contributed by atoms with Gasteiger partial charge in [-0.05, 0) is 62.8 Å². The smallest absolute Gasteiger partial charge is 0.222 e. The molecule has 19 heavy (non-hydrogen) atoms. The van der Waals surface area contributed by atoms with Gasteiger partial charge in [0.25, 0.3) is 0 Å². The zero-order valence-electron chi connectivity index (χ0n) is 12.4. The van der Waals surface area contributed by atoms with E-state index < -0.39 is 0 Å². The summed E-state index contributed by atoms with van der Waals surface area (Å²) in [4.78, 5) is 14.4. The number of carbonyl (C=O) groups is 1. The first-order chi connectivity index (χ1) is 9.22. The zero-order chi connectivity index (χ0) is 13.7. The van der Waals surface area contributed by atoms with Crippen molar-refractivity contribution in [2.45, 2.75) is 58.3 Å². The van der Waals surface area contributed by atoms with Crippen LogP contribution in [0.5, 0.6) is 0 Å². The second-order valence-electron chi connectivity index (χ2n) is 6.56. The molecule has 0 radical (unpaired) electrons. The molecule has 0 bridgehead atoms. The van der Waals surface area contributed by atoms with Crippen molar-refractivity contribution in [2.24, 2.45) is 23.5 Å². The monoisotopic (exact) mass is 266 g/mol. The Morgan fingerprint density at radius 2 is 1.58 bits per heavy atom. The Morgan fingerprint density at radius 3 is 2.11 bits per heavy atom. The van der Waals surface area contributed by atoms with E-state index in [0.29, 0.717) is 17.7 Å². The number of hydrogen-bond acceptors (Lipinski definition) is 2. The van der Waals surface area contributed by atoms with Gasteiger partial charge in [0, 0.05) is 19.5 Å². The van der Waals surface area contributed by atoms with Crippen molar-refractivity contribution < 1.29 is 4.79 Å². The standard InChI is InChI=1S/C16H30N2O/c1-2-13-7-9-18(10-8-13)16(19)11-14-3-5-15(12-17)6-4-14/h13-15H,2-12,17H2,1H3. The van der Waals surface area contributed by atoms with Crippen molar-refractivity contribution in [2.75, 3.05) is 19.6 Å². The molecule has 2 fully saturated rings. The minimum Gasteiger partial charge on any atom is -0.343 e. The summed E-state index contributed by atoms with van der Waals surface area (Å²) in [6.45, 7) is 5.08. The fourth-order valence-corrected chi connectivity index (χ4v) is 3.64. The van der Waals surface area contributed by atoms with E-state index in [2.05, 4.69) is 11.8 Å². The third-order valence-corrected chi connectivity index (χ3v) is 5.31. The Bertz CT molecular complexity index is 276. The molecule has 0 aromatic rings. The molecule has 1 saturated heterocycles. The van der Waals surface area contributed by atoms with Crippen LogP contribution in [-0.4, -0.2) is 30.4 Å². The van der Waals surface area contributed by atoms with Gasteiger partial charge in [-0.1, -0.05) is 13.3 Å². The Hall–Kier alpha value is -0.570. The summed E-state index contributed by atoms with van der Waals surface area (Å²) in [5, 5.41) is 0. The van der Waals surface area contributed by atoms with Crippen LogP contribution in [0.2, 0.25) is 0 Å². The molecule has 110 valence electrons. The molecule has 1 aliphatic carbocycles. The van der Waals surface area contributed by atoms with E-state index in [-0.39, 0.29) is 0 Å². The topological polar surface area (TPSA) is 46.3 Å². The maximum Gasteiger partial charge on any atom is 0.222 e. The van der Waals surface area contributed by atoms with Gasteiger partial charge in [-0.25, -0.2) is 0 Å². The van der Waals surface area contributed by atoms with Crippen LogP contribution in [0.1, 0.15) is 58.3 Å². The van der Waals surface area contributed by atoms with E-state index in [1.54, 1.807) is 0 Å². The van der Waals surface area contributed by atoms with Gasteiger partial charge in [0.05, 0.1) is 0 Å². The molecule has 2 rings (SSSR count). The molecule has 0 aromatic carbocycles. The molecule has 0 unspecified atom stereocenters.